The van der Waals surface area contributed by atoms with E-state index in [0.29, 0.717) is 10.2 Å². The van der Waals surface area contributed by atoms with Gasteiger partial charge in [-0.05, 0) is 45.1 Å². The largest absolute Gasteiger partial charge is 0.424 e. The van der Waals surface area contributed by atoms with Crippen LogP contribution in [0.3, 0.4) is 0 Å². The van der Waals surface area contributed by atoms with Gasteiger partial charge in [-0.25, -0.2) is 0 Å². The van der Waals surface area contributed by atoms with Crippen LogP contribution in [0.4, 0.5) is 0 Å². The van der Waals surface area contributed by atoms with E-state index < -0.39 is 4.83 Å². The second-order valence-corrected chi connectivity index (χ2v) is 8.59. The number of hydrogen-bond acceptors (Lipinski definition) is 2. The van der Waals surface area contributed by atoms with Crippen molar-refractivity contribution in [3.8, 4) is 5.75 Å². The van der Waals surface area contributed by atoms with Gasteiger partial charge < -0.3 is 4.74 Å². The molecule has 0 unspecified atom stereocenters. The van der Waals surface area contributed by atoms with Crippen LogP contribution in [-0.2, 0) is 4.79 Å². The molecule has 0 amide bonds. The molecule has 6 heteroatoms. The maximum absolute atomic E-state index is 12.6. The summed E-state index contributed by atoms with van der Waals surface area (Å²) in [5.74, 6) is 0.130. The van der Waals surface area contributed by atoms with E-state index in [0.717, 1.165) is 25.3 Å². The molecule has 3 aromatic rings. The molecule has 1 atom stereocenters. The Bertz CT molecular complexity index is 910. The fourth-order valence-corrected chi connectivity index (χ4v) is 4.48. The van der Waals surface area contributed by atoms with Gasteiger partial charge in [0.05, 0.1) is 4.47 Å². The second-order valence-electron chi connectivity index (χ2n) is 5.05. The molecule has 0 radical (unpaired) electrons. The van der Waals surface area contributed by atoms with Gasteiger partial charge in [-0.2, -0.15) is 0 Å². The van der Waals surface area contributed by atoms with Gasteiger partial charge in [-0.3, -0.25) is 4.79 Å². The first-order chi connectivity index (χ1) is 11.5. The van der Waals surface area contributed by atoms with Crippen LogP contribution in [0, 0.1) is 0 Å². The maximum Gasteiger partial charge on any atom is 0.329 e. The number of halogens is 4. The molecule has 0 fully saturated rings. The smallest absolute Gasteiger partial charge is 0.329 e. The third-order valence-corrected chi connectivity index (χ3v) is 6.10. The standard InChI is InChI=1S/C18H10Br4O2/c19-11-6-7-12-13(8-11)17(15(21)9-14(12)20)24-18(23)16(22)10-4-2-1-3-5-10/h1-9,16H/t16-/m0/s1. The molecule has 0 N–H and O–H groups in total. The van der Waals surface area contributed by atoms with Gasteiger partial charge in [0.2, 0.25) is 0 Å². The van der Waals surface area contributed by atoms with Crippen LogP contribution in [-0.4, -0.2) is 5.97 Å². The zero-order valence-electron chi connectivity index (χ0n) is 12.1. The first-order valence-corrected chi connectivity index (χ1v) is 10.2. The number of hydrogen-bond donors (Lipinski definition) is 0. The molecule has 0 spiro atoms. The molecule has 122 valence electrons. The second kappa shape index (κ2) is 7.68. The molecular formula is C18H10Br4O2. The Labute approximate surface area is 173 Å². The van der Waals surface area contributed by atoms with Crippen molar-refractivity contribution in [3.05, 3.63) is 73.6 Å². The molecule has 0 heterocycles. The Morgan fingerprint density at radius 3 is 2.29 bits per heavy atom. The SMILES string of the molecule is O=C(Oc1c(Br)cc(Br)c2ccc(Br)cc12)[C@@H](Br)c1ccccc1. The van der Waals surface area contributed by atoms with E-state index in [9.17, 15) is 4.79 Å². The fourth-order valence-electron chi connectivity index (χ4n) is 2.31. The number of benzene rings is 3. The highest BCUT2D eigenvalue weighted by molar-refractivity contribution is 9.11. The third kappa shape index (κ3) is 3.77. The van der Waals surface area contributed by atoms with Crippen molar-refractivity contribution in [2.45, 2.75) is 4.83 Å². The Balaban J connectivity index is 2.01. The van der Waals surface area contributed by atoms with Crippen molar-refractivity contribution >= 4 is 80.5 Å². The molecule has 3 rings (SSSR count). The van der Waals surface area contributed by atoms with Crippen LogP contribution in [0.1, 0.15) is 10.4 Å². The van der Waals surface area contributed by atoms with Crippen molar-refractivity contribution in [1.29, 1.82) is 0 Å². The van der Waals surface area contributed by atoms with E-state index in [1.807, 2.05) is 54.6 Å². The number of fused-ring (bicyclic) bond motifs is 1. The summed E-state index contributed by atoms with van der Waals surface area (Å²) in [5, 5.41) is 1.81. The number of ether oxygens (including phenoxy) is 1. The Hall–Kier alpha value is -0.690. The number of carbonyl (C=O) groups excluding carboxylic acids is 1. The van der Waals surface area contributed by atoms with Gasteiger partial charge in [0.15, 0.2) is 5.75 Å². The summed E-state index contributed by atoms with van der Waals surface area (Å²) in [6, 6.07) is 17.2. The van der Waals surface area contributed by atoms with Crippen LogP contribution in [0.15, 0.2) is 68.0 Å². The lowest BCUT2D eigenvalue weighted by atomic mass is 10.1. The molecule has 24 heavy (non-hydrogen) atoms. The van der Waals surface area contributed by atoms with E-state index in [2.05, 4.69) is 63.7 Å². The van der Waals surface area contributed by atoms with Crippen LogP contribution < -0.4 is 4.74 Å². The quantitative estimate of drug-likeness (QED) is 0.187. The van der Waals surface area contributed by atoms with E-state index >= 15 is 0 Å². The lowest BCUT2D eigenvalue weighted by Crippen LogP contribution is -2.14. The van der Waals surface area contributed by atoms with Crippen LogP contribution in [0.25, 0.3) is 10.8 Å². The minimum atomic E-state index is -0.531. The Morgan fingerprint density at radius 1 is 0.875 bits per heavy atom. The molecular weight excluding hydrogens is 568 g/mol. The average molecular weight is 578 g/mol. The zero-order chi connectivity index (χ0) is 17.3. The Kier molecular flexibility index (Phi) is 5.80. The predicted octanol–water partition coefficient (Wildman–Crippen LogP) is 7.17. The average Bonchev–Trinajstić information content (AvgIpc) is 2.58. The molecule has 2 nitrogen and oxygen atoms in total. The van der Waals surface area contributed by atoms with Gasteiger partial charge in [0.1, 0.15) is 4.83 Å². The van der Waals surface area contributed by atoms with E-state index in [-0.39, 0.29) is 5.97 Å². The van der Waals surface area contributed by atoms with Gasteiger partial charge in [-0.1, -0.05) is 84.2 Å². The molecule has 0 saturated carbocycles. The minimum absolute atomic E-state index is 0.370. The summed E-state index contributed by atoms with van der Waals surface area (Å²) < 4.78 is 8.26. The highest BCUT2D eigenvalue weighted by Crippen LogP contribution is 2.40. The topological polar surface area (TPSA) is 26.3 Å². The van der Waals surface area contributed by atoms with Crippen molar-refractivity contribution in [3.63, 3.8) is 0 Å². The molecule has 0 aliphatic heterocycles. The Morgan fingerprint density at radius 2 is 1.58 bits per heavy atom. The molecule has 0 saturated heterocycles. The number of esters is 1. The van der Waals surface area contributed by atoms with Crippen molar-refractivity contribution < 1.29 is 9.53 Å². The van der Waals surface area contributed by atoms with Gasteiger partial charge in [0, 0.05) is 14.3 Å². The van der Waals surface area contributed by atoms with Gasteiger partial charge in [0.25, 0.3) is 0 Å². The molecule has 0 bridgehead atoms. The zero-order valence-corrected chi connectivity index (χ0v) is 18.4. The highest BCUT2D eigenvalue weighted by atomic mass is 79.9. The van der Waals surface area contributed by atoms with E-state index in [1.54, 1.807) is 0 Å². The third-order valence-electron chi connectivity index (χ3n) is 3.46. The van der Waals surface area contributed by atoms with Gasteiger partial charge in [-0.15, -0.1) is 0 Å². The summed E-state index contributed by atoms with van der Waals surface area (Å²) in [5.41, 5.74) is 0.848. The van der Waals surface area contributed by atoms with Crippen LogP contribution in [0.5, 0.6) is 5.75 Å². The first kappa shape index (κ1) is 18.1. The molecule has 3 aromatic carbocycles. The monoisotopic (exact) mass is 574 g/mol. The lowest BCUT2D eigenvalue weighted by molar-refractivity contribution is -0.133. The number of rotatable bonds is 3. The fraction of sp³-hybridized carbons (Fsp3) is 0.0556. The molecule has 0 aliphatic rings. The predicted molar refractivity (Wildman–Crippen MR) is 111 cm³/mol. The molecule has 0 aromatic heterocycles. The van der Waals surface area contributed by atoms with Crippen molar-refractivity contribution in [2.75, 3.05) is 0 Å². The maximum atomic E-state index is 12.6. The summed E-state index contributed by atoms with van der Waals surface area (Å²) >= 11 is 13.9. The molecule has 0 aliphatic carbocycles. The van der Waals surface area contributed by atoms with E-state index in [1.165, 1.54) is 0 Å². The van der Waals surface area contributed by atoms with Gasteiger partial charge >= 0.3 is 5.97 Å². The minimum Gasteiger partial charge on any atom is -0.424 e. The number of carbonyl (C=O) groups is 1. The van der Waals surface area contributed by atoms with E-state index in [4.69, 9.17) is 4.74 Å². The summed E-state index contributed by atoms with van der Waals surface area (Å²) in [4.78, 5) is 12.0. The summed E-state index contributed by atoms with van der Waals surface area (Å²) in [6.07, 6.45) is 0. The summed E-state index contributed by atoms with van der Waals surface area (Å²) in [6.45, 7) is 0. The number of alkyl halides is 1. The summed E-state index contributed by atoms with van der Waals surface area (Å²) in [7, 11) is 0. The normalized spacial score (nSPS) is 12.2. The van der Waals surface area contributed by atoms with Crippen LogP contribution in [0.2, 0.25) is 0 Å². The first-order valence-electron chi connectivity index (χ1n) is 6.95. The van der Waals surface area contributed by atoms with Crippen LogP contribution >= 0.6 is 63.7 Å². The van der Waals surface area contributed by atoms with Crippen molar-refractivity contribution in [1.82, 2.24) is 0 Å². The lowest BCUT2D eigenvalue weighted by Gasteiger charge is -2.14. The highest BCUT2D eigenvalue weighted by Gasteiger charge is 2.22. The van der Waals surface area contributed by atoms with Crippen molar-refractivity contribution in [2.24, 2.45) is 0 Å².